The van der Waals surface area contributed by atoms with Gasteiger partial charge in [0.05, 0.1) is 16.0 Å². The van der Waals surface area contributed by atoms with Crippen LogP contribution in [0.2, 0.25) is 0 Å². The standard InChI is InChI=1S/C17H17N5OS2/c23-16(12-24-17-19-13-4-1-2-5-14(13)25-17)22-10-8-21(9-11-22)15-6-3-7-18-20-15/h1-7H,8-12H2. The van der Waals surface area contributed by atoms with Gasteiger partial charge in [-0.25, -0.2) is 4.98 Å². The average molecular weight is 371 g/mol. The summed E-state index contributed by atoms with van der Waals surface area (Å²) in [6.07, 6.45) is 1.67. The van der Waals surface area contributed by atoms with Crippen LogP contribution in [0.4, 0.5) is 5.82 Å². The smallest absolute Gasteiger partial charge is 0.233 e. The molecule has 1 aromatic carbocycles. The Kier molecular flexibility index (Phi) is 4.80. The van der Waals surface area contributed by atoms with Crippen LogP contribution in [0.5, 0.6) is 0 Å². The highest BCUT2D eigenvalue weighted by molar-refractivity contribution is 8.01. The fourth-order valence-electron chi connectivity index (χ4n) is 2.77. The van der Waals surface area contributed by atoms with E-state index in [0.29, 0.717) is 5.75 Å². The molecular weight excluding hydrogens is 354 g/mol. The van der Waals surface area contributed by atoms with E-state index < -0.39 is 0 Å². The van der Waals surface area contributed by atoms with E-state index in [0.717, 1.165) is 46.6 Å². The van der Waals surface area contributed by atoms with Gasteiger partial charge in [-0.2, -0.15) is 5.10 Å². The van der Waals surface area contributed by atoms with Crippen molar-refractivity contribution in [1.29, 1.82) is 0 Å². The highest BCUT2D eigenvalue weighted by Crippen LogP contribution is 2.29. The van der Waals surface area contributed by atoms with E-state index >= 15 is 0 Å². The molecule has 0 radical (unpaired) electrons. The molecule has 3 aromatic rings. The molecule has 0 saturated carbocycles. The number of para-hydroxylation sites is 1. The molecule has 1 fully saturated rings. The fourth-order valence-corrected chi connectivity index (χ4v) is 4.75. The van der Waals surface area contributed by atoms with Crippen molar-refractivity contribution in [1.82, 2.24) is 20.1 Å². The van der Waals surface area contributed by atoms with Gasteiger partial charge in [0.25, 0.3) is 0 Å². The van der Waals surface area contributed by atoms with Crippen molar-refractivity contribution in [3.05, 3.63) is 42.6 Å². The van der Waals surface area contributed by atoms with Crippen LogP contribution in [0, 0.1) is 0 Å². The minimum Gasteiger partial charge on any atom is -0.352 e. The van der Waals surface area contributed by atoms with Gasteiger partial charge >= 0.3 is 0 Å². The molecule has 128 valence electrons. The van der Waals surface area contributed by atoms with Crippen LogP contribution in [-0.2, 0) is 4.79 Å². The lowest BCUT2D eigenvalue weighted by molar-refractivity contribution is -0.128. The maximum atomic E-state index is 12.5. The number of hydrogen-bond donors (Lipinski definition) is 0. The Balaban J connectivity index is 1.30. The van der Waals surface area contributed by atoms with Gasteiger partial charge < -0.3 is 9.80 Å². The Hall–Kier alpha value is -2.19. The maximum absolute atomic E-state index is 12.5. The normalized spacial score (nSPS) is 14.9. The van der Waals surface area contributed by atoms with Gasteiger partial charge in [0.15, 0.2) is 10.2 Å². The Labute approximate surface area is 153 Å². The number of thioether (sulfide) groups is 1. The quantitative estimate of drug-likeness (QED) is 0.657. The third-order valence-electron chi connectivity index (χ3n) is 4.11. The molecule has 2 aromatic heterocycles. The number of carbonyl (C=O) groups excluding carboxylic acids is 1. The SMILES string of the molecule is O=C(CSc1nc2ccccc2s1)N1CCN(c2cccnn2)CC1. The summed E-state index contributed by atoms with van der Waals surface area (Å²) in [7, 11) is 0. The summed E-state index contributed by atoms with van der Waals surface area (Å²) in [5, 5.41) is 8.04. The van der Waals surface area contributed by atoms with Crippen molar-refractivity contribution < 1.29 is 4.79 Å². The second-order valence-corrected chi connectivity index (χ2v) is 7.94. The molecule has 0 bridgehead atoms. The number of amides is 1. The Bertz CT molecular complexity index is 829. The molecule has 0 atom stereocenters. The Morgan fingerprint density at radius 2 is 1.96 bits per heavy atom. The third-order valence-corrected chi connectivity index (χ3v) is 6.27. The molecule has 0 aliphatic carbocycles. The van der Waals surface area contributed by atoms with Crippen molar-refractivity contribution >= 4 is 45.0 Å². The van der Waals surface area contributed by atoms with Crippen LogP contribution in [0.25, 0.3) is 10.2 Å². The molecule has 6 nitrogen and oxygen atoms in total. The molecule has 4 rings (SSSR count). The molecule has 1 aliphatic rings. The number of carbonyl (C=O) groups is 1. The van der Waals surface area contributed by atoms with Crippen LogP contribution < -0.4 is 4.90 Å². The fraction of sp³-hybridized carbons (Fsp3) is 0.294. The number of piperazine rings is 1. The van der Waals surface area contributed by atoms with Gasteiger partial charge in [0, 0.05) is 32.4 Å². The monoisotopic (exact) mass is 371 g/mol. The van der Waals surface area contributed by atoms with Crippen LogP contribution in [0.1, 0.15) is 0 Å². The number of anilines is 1. The van der Waals surface area contributed by atoms with Crippen molar-refractivity contribution in [3.8, 4) is 0 Å². The van der Waals surface area contributed by atoms with E-state index in [1.54, 1.807) is 17.5 Å². The minimum atomic E-state index is 0.169. The third kappa shape index (κ3) is 3.74. The minimum absolute atomic E-state index is 0.169. The molecule has 8 heteroatoms. The molecule has 3 heterocycles. The number of thiazole rings is 1. The maximum Gasteiger partial charge on any atom is 0.233 e. The van der Waals surface area contributed by atoms with Gasteiger partial charge in [-0.05, 0) is 24.3 Å². The molecule has 1 amide bonds. The number of aromatic nitrogens is 3. The Morgan fingerprint density at radius 1 is 1.12 bits per heavy atom. The van der Waals surface area contributed by atoms with Gasteiger partial charge in [0.1, 0.15) is 0 Å². The largest absolute Gasteiger partial charge is 0.352 e. The van der Waals surface area contributed by atoms with E-state index in [-0.39, 0.29) is 5.91 Å². The van der Waals surface area contributed by atoms with E-state index in [9.17, 15) is 4.79 Å². The van der Waals surface area contributed by atoms with E-state index in [1.165, 1.54) is 11.8 Å². The van der Waals surface area contributed by atoms with Crippen LogP contribution in [0.15, 0.2) is 46.9 Å². The summed E-state index contributed by atoms with van der Waals surface area (Å²) in [5.74, 6) is 1.48. The molecule has 0 spiro atoms. The first-order chi connectivity index (χ1) is 12.3. The van der Waals surface area contributed by atoms with Gasteiger partial charge in [-0.15, -0.1) is 16.4 Å². The van der Waals surface area contributed by atoms with Crippen LogP contribution >= 0.6 is 23.1 Å². The average Bonchev–Trinajstić information content (AvgIpc) is 3.10. The van der Waals surface area contributed by atoms with Crippen LogP contribution in [-0.4, -0.2) is 57.9 Å². The van der Waals surface area contributed by atoms with Crippen molar-refractivity contribution in [3.63, 3.8) is 0 Å². The van der Waals surface area contributed by atoms with Crippen molar-refractivity contribution in [2.24, 2.45) is 0 Å². The predicted octanol–water partition coefficient (Wildman–Crippen LogP) is 2.53. The first-order valence-electron chi connectivity index (χ1n) is 8.08. The van der Waals surface area contributed by atoms with E-state index in [4.69, 9.17) is 0 Å². The zero-order valence-electron chi connectivity index (χ0n) is 13.5. The topological polar surface area (TPSA) is 62.2 Å². The number of rotatable bonds is 4. The molecule has 1 saturated heterocycles. The number of benzene rings is 1. The van der Waals surface area contributed by atoms with Gasteiger partial charge in [-0.3, -0.25) is 4.79 Å². The first kappa shape index (κ1) is 16.3. The highest BCUT2D eigenvalue weighted by atomic mass is 32.2. The lowest BCUT2D eigenvalue weighted by Crippen LogP contribution is -2.49. The second kappa shape index (κ2) is 7.37. The summed E-state index contributed by atoms with van der Waals surface area (Å²) >= 11 is 3.17. The van der Waals surface area contributed by atoms with E-state index in [2.05, 4.69) is 26.1 Å². The van der Waals surface area contributed by atoms with Crippen molar-refractivity contribution in [2.75, 3.05) is 36.8 Å². The summed E-state index contributed by atoms with van der Waals surface area (Å²) in [6, 6.07) is 11.9. The first-order valence-corrected chi connectivity index (χ1v) is 9.88. The molecular formula is C17H17N5OS2. The second-order valence-electron chi connectivity index (χ2n) is 5.69. The highest BCUT2D eigenvalue weighted by Gasteiger charge is 2.22. The Morgan fingerprint density at radius 3 is 2.72 bits per heavy atom. The van der Waals surface area contributed by atoms with Gasteiger partial charge in [0.2, 0.25) is 5.91 Å². The number of hydrogen-bond acceptors (Lipinski definition) is 7. The zero-order chi connectivity index (χ0) is 17.1. The molecule has 0 unspecified atom stereocenters. The van der Waals surface area contributed by atoms with Crippen LogP contribution in [0.3, 0.4) is 0 Å². The summed E-state index contributed by atoms with van der Waals surface area (Å²) in [4.78, 5) is 21.1. The van der Waals surface area contributed by atoms with Crippen molar-refractivity contribution in [2.45, 2.75) is 4.34 Å². The van der Waals surface area contributed by atoms with E-state index in [1.807, 2.05) is 35.2 Å². The number of fused-ring (bicyclic) bond motifs is 1. The zero-order valence-corrected chi connectivity index (χ0v) is 15.2. The lowest BCUT2D eigenvalue weighted by atomic mass is 10.3. The molecule has 25 heavy (non-hydrogen) atoms. The molecule has 1 aliphatic heterocycles. The summed E-state index contributed by atoms with van der Waals surface area (Å²) in [5.41, 5.74) is 1.00. The molecule has 0 N–H and O–H groups in total. The van der Waals surface area contributed by atoms with Gasteiger partial charge in [-0.1, -0.05) is 23.9 Å². The summed E-state index contributed by atoms with van der Waals surface area (Å²) < 4.78 is 2.11. The predicted molar refractivity (Wildman–Crippen MR) is 101 cm³/mol. The lowest BCUT2D eigenvalue weighted by Gasteiger charge is -2.35. The summed E-state index contributed by atoms with van der Waals surface area (Å²) in [6.45, 7) is 3.01. The number of nitrogens with zero attached hydrogens (tertiary/aromatic N) is 5.